The molecule has 0 bridgehead atoms. The number of hydrogen-bond donors (Lipinski definition) is 2. The van der Waals surface area contributed by atoms with E-state index in [0.717, 1.165) is 37.2 Å². The molecule has 25 heavy (non-hydrogen) atoms. The number of fused-ring (bicyclic) bond motifs is 2. The molecular weight excluding hydrogens is 314 g/mol. The predicted molar refractivity (Wildman–Crippen MR) is 97.1 cm³/mol. The van der Waals surface area contributed by atoms with Gasteiger partial charge in [-0.3, -0.25) is 0 Å². The molecule has 130 valence electrons. The molecule has 0 saturated carbocycles. The van der Waals surface area contributed by atoms with Gasteiger partial charge in [-0.2, -0.15) is 0 Å². The third-order valence-corrected chi connectivity index (χ3v) is 5.39. The lowest BCUT2D eigenvalue weighted by molar-refractivity contribution is 0.175. The maximum absolute atomic E-state index is 11.2. The van der Waals surface area contributed by atoms with Crippen LogP contribution in [0.3, 0.4) is 0 Å². The first-order chi connectivity index (χ1) is 11.9. The van der Waals surface area contributed by atoms with Crippen LogP contribution in [-0.4, -0.2) is 17.8 Å². The summed E-state index contributed by atoms with van der Waals surface area (Å²) >= 11 is 0. The van der Waals surface area contributed by atoms with Gasteiger partial charge in [-0.1, -0.05) is 38.1 Å². The number of rotatable bonds is 2. The first-order valence-electron chi connectivity index (χ1n) is 8.82. The number of hydrogen-bond acceptors (Lipinski definition) is 2. The highest BCUT2D eigenvalue weighted by Gasteiger charge is 2.40. The zero-order valence-electron chi connectivity index (χ0n) is 14.6. The van der Waals surface area contributed by atoms with Crippen LogP contribution in [0.1, 0.15) is 43.0 Å². The molecule has 2 N–H and O–H groups in total. The molecule has 0 radical (unpaired) electrons. The number of nitrogens with one attached hydrogen (secondary N) is 1. The minimum Gasteiger partial charge on any atom is -0.493 e. The number of ether oxygens (including phenoxy) is 1. The Morgan fingerprint density at radius 2 is 1.88 bits per heavy atom. The average Bonchev–Trinajstić information content (AvgIpc) is 2.83. The van der Waals surface area contributed by atoms with Gasteiger partial charge in [-0.05, 0) is 64.6 Å². The van der Waals surface area contributed by atoms with E-state index in [4.69, 9.17) is 9.84 Å². The maximum atomic E-state index is 11.2. The largest absolute Gasteiger partial charge is 0.493 e. The fourth-order valence-corrected chi connectivity index (χ4v) is 4.17. The summed E-state index contributed by atoms with van der Waals surface area (Å²) in [6.45, 7) is 5.03. The summed E-state index contributed by atoms with van der Waals surface area (Å²) in [6.07, 6.45) is 2.03. The van der Waals surface area contributed by atoms with Crippen LogP contribution in [0.4, 0.5) is 4.79 Å². The van der Waals surface area contributed by atoms with Crippen LogP contribution >= 0.6 is 0 Å². The molecule has 2 aromatic rings. The molecule has 1 aliphatic heterocycles. The molecule has 0 fully saturated rings. The summed E-state index contributed by atoms with van der Waals surface area (Å²) in [5, 5.41) is 11.8. The Morgan fingerprint density at radius 1 is 1.16 bits per heavy atom. The minimum absolute atomic E-state index is 0.122. The van der Waals surface area contributed by atoms with Gasteiger partial charge in [0.25, 0.3) is 0 Å². The van der Waals surface area contributed by atoms with Gasteiger partial charge in [0, 0.05) is 0 Å². The lowest BCUT2D eigenvalue weighted by Crippen LogP contribution is -2.34. The number of carbonyl (C=O) groups is 1. The van der Waals surface area contributed by atoms with E-state index in [1.165, 1.54) is 22.3 Å². The molecule has 1 unspecified atom stereocenters. The van der Waals surface area contributed by atoms with E-state index in [9.17, 15) is 4.79 Å². The van der Waals surface area contributed by atoms with E-state index in [1.54, 1.807) is 0 Å². The van der Waals surface area contributed by atoms with Gasteiger partial charge >= 0.3 is 6.09 Å². The van der Waals surface area contributed by atoms with E-state index in [0.29, 0.717) is 0 Å². The Bertz CT molecular complexity index is 841. The summed E-state index contributed by atoms with van der Waals surface area (Å²) in [5.74, 6) is 1.00. The van der Waals surface area contributed by atoms with Gasteiger partial charge in [0.2, 0.25) is 0 Å². The number of aryl methyl sites for hydroxylation is 1. The molecule has 2 aliphatic rings. The lowest BCUT2D eigenvalue weighted by atomic mass is 9.85. The van der Waals surface area contributed by atoms with Crippen molar-refractivity contribution in [3.05, 3.63) is 53.1 Å². The summed E-state index contributed by atoms with van der Waals surface area (Å²) in [5.41, 5.74) is 5.85. The molecule has 1 amide bonds. The predicted octanol–water partition coefficient (Wildman–Crippen LogP) is 4.57. The van der Waals surface area contributed by atoms with Crippen molar-refractivity contribution in [2.75, 3.05) is 6.61 Å². The Balaban J connectivity index is 1.70. The zero-order chi connectivity index (χ0) is 17.6. The van der Waals surface area contributed by atoms with Crippen molar-refractivity contribution in [1.82, 2.24) is 5.32 Å². The van der Waals surface area contributed by atoms with Crippen LogP contribution in [0.5, 0.6) is 5.75 Å². The van der Waals surface area contributed by atoms with Crippen molar-refractivity contribution in [2.24, 2.45) is 5.41 Å². The molecule has 4 rings (SSSR count). The summed E-state index contributed by atoms with van der Waals surface area (Å²) in [6, 6.07) is 12.6. The molecular formula is C21H23NO3. The van der Waals surface area contributed by atoms with Gasteiger partial charge in [-0.25, -0.2) is 4.79 Å². The van der Waals surface area contributed by atoms with Crippen molar-refractivity contribution in [3.63, 3.8) is 0 Å². The fourth-order valence-electron chi connectivity index (χ4n) is 4.17. The summed E-state index contributed by atoms with van der Waals surface area (Å²) < 4.78 is 5.70. The standard InChI is InChI=1S/C21H23NO3/c1-21(2)12-16-11-13(5-7-17(16)19(21)22-20(23)24)14-6-8-18-15(10-14)4-3-9-25-18/h5-8,10-11,19,22H,3-4,9,12H2,1-2H3,(H,23,24). The Kier molecular flexibility index (Phi) is 3.71. The van der Waals surface area contributed by atoms with Crippen LogP contribution in [0, 0.1) is 5.41 Å². The lowest BCUT2D eigenvalue weighted by Gasteiger charge is -2.27. The quantitative estimate of drug-likeness (QED) is 0.844. The Morgan fingerprint density at radius 3 is 2.64 bits per heavy atom. The molecule has 2 aromatic carbocycles. The smallest absolute Gasteiger partial charge is 0.405 e. The highest BCUT2D eigenvalue weighted by Crippen LogP contribution is 2.46. The molecule has 4 heteroatoms. The highest BCUT2D eigenvalue weighted by molar-refractivity contribution is 5.69. The molecule has 1 atom stereocenters. The van der Waals surface area contributed by atoms with E-state index in [-0.39, 0.29) is 11.5 Å². The first kappa shape index (κ1) is 16.0. The van der Waals surface area contributed by atoms with Gasteiger partial charge < -0.3 is 15.2 Å². The van der Waals surface area contributed by atoms with E-state index >= 15 is 0 Å². The van der Waals surface area contributed by atoms with Crippen molar-refractivity contribution in [3.8, 4) is 16.9 Å². The number of carboxylic acid groups (broad SMARTS) is 1. The second-order valence-corrected chi connectivity index (χ2v) is 7.74. The monoisotopic (exact) mass is 337 g/mol. The van der Waals surface area contributed by atoms with Crippen molar-refractivity contribution in [2.45, 2.75) is 39.2 Å². The molecule has 4 nitrogen and oxygen atoms in total. The third kappa shape index (κ3) is 2.86. The average molecular weight is 337 g/mol. The van der Waals surface area contributed by atoms with Crippen molar-refractivity contribution in [1.29, 1.82) is 0 Å². The van der Waals surface area contributed by atoms with E-state index in [2.05, 4.69) is 55.6 Å². The van der Waals surface area contributed by atoms with Crippen molar-refractivity contribution >= 4 is 6.09 Å². The molecule has 0 spiro atoms. The maximum Gasteiger partial charge on any atom is 0.405 e. The summed E-state index contributed by atoms with van der Waals surface area (Å²) in [4.78, 5) is 11.2. The zero-order valence-corrected chi connectivity index (χ0v) is 14.6. The van der Waals surface area contributed by atoms with Crippen molar-refractivity contribution < 1.29 is 14.6 Å². The van der Waals surface area contributed by atoms with Crippen LogP contribution in [-0.2, 0) is 12.8 Å². The van der Waals surface area contributed by atoms with Crippen LogP contribution in [0.25, 0.3) is 11.1 Å². The van der Waals surface area contributed by atoms with Gasteiger partial charge in [0.05, 0.1) is 12.6 Å². The topological polar surface area (TPSA) is 58.6 Å². The molecule has 0 aromatic heterocycles. The third-order valence-electron chi connectivity index (χ3n) is 5.39. The summed E-state index contributed by atoms with van der Waals surface area (Å²) in [7, 11) is 0. The first-order valence-corrected chi connectivity index (χ1v) is 8.82. The van der Waals surface area contributed by atoms with E-state index in [1.807, 2.05) is 0 Å². The Hall–Kier alpha value is -2.49. The Labute approximate surface area is 147 Å². The minimum atomic E-state index is -0.968. The van der Waals surface area contributed by atoms with Crippen LogP contribution in [0.15, 0.2) is 36.4 Å². The highest BCUT2D eigenvalue weighted by atomic mass is 16.5. The van der Waals surface area contributed by atoms with Crippen LogP contribution in [0.2, 0.25) is 0 Å². The van der Waals surface area contributed by atoms with Gasteiger partial charge in [-0.15, -0.1) is 0 Å². The SMILES string of the molecule is CC1(C)Cc2cc(-c3ccc4c(c3)CCCO4)ccc2C1NC(=O)O. The van der Waals surface area contributed by atoms with Crippen LogP contribution < -0.4 is 10.1 Å². The number of amides is 1. The second kappa shape index (κ2) is 5.80. The molecule has 1 aliphatic carbocycles. The molecule has 0 saturated heterocycles. The fraction of sp³-hybridized carbons (Fsp3) is 0.381. The second-order valence-electron chi connectivity index (χ2n) is 7.74. The van der Waals surface area contributed by atoms with E-state index < -0.39 is 6.09 Å². The normalized spacial score (nSPS) is 20.3. The van der Waals surface area contributed by atoms with Gasteiger partial charge in [0.15, 0.2) is 0 Å². The van der Waals surface area contributed by atoms with Gasteiger partial charge in [0.1, 0.15) is 5.75 Å². The number of benzene rings is 2. The molecule has 1 heterocycles.